The van der Waals surface area contributed by atoms with Gasteiger partial charge in [0.15, 0.2) is 0 Å². The number of nitrogens with two attached hydrogens (primary N) is 1. The molecule has 0 saturated carbocycles. The van der Waals surface area contributed by atoms with Crippen molar-refractivity contribution in [3.63, 3.8) is 0 Å². The standard InChI is InChI=1S/C14H11Cl2FN2O/c15-8-4-5-12(18)13(6-8)19-14(20)7-9-10(16)2-1-3-11(9)17/h1-6H,7,18H2,(H,19,20). The van der Waals surface area contributed by atoms with Gasteiger partial charge >= 0.3 is 0 Å². The molecule has 0 aliphatic heterocycles. The fourth-order valence-electron chi connectivity index (χ4n) is 1.69. The van der Waals surface area contributed by atoms with Crippen molar-refractivity contribution >= 4 is 40.5 Å². The lowest BCUT2D eigenvalue weighted by Gasteiger charge is -2.10. The van der Waals surface area contributed by atoms with Gasteiger partial charge in [-0.05, 0) is 30.3 Å². The van der Waals surface area contributed by atoms with E-state index >= 15 is 0 Å². The second-order valence-corrected chi connectivity index (χ2v) is 5.00. The first kappa shape index (κ1) is 14.6. The Labute approximate surface area is 125 Å². The fourth-order valence-corrected chi connectivity index (χ4v) is 2.09. The Bertz CT molecular complexity index is 641. The maximum absolute atomic E-state index is 13.6. The van der Waals surface area contributed by atoms with E-state index in [-0.39, 0.29) is 17.0 Å². The summed E-state index contributed by atoms with van der Waals surface area (Å²) in [5, 5.41) is 3.23. The van der Waals surface area contributed by atoms with Crippen LogP contribution in [0.4, 0.5) is 15.8 Å². The molecule has 0 heterocycles. The third-order valence-electron chi connectivity index (χ3n) is 2.69. The van der Waals surface area contributed by atoms with Gasteiger partial charge in [-0.1, -0.05) is 29.3 Å². The quantitative estimate of drug-likeness (QED) is 0.845. The largest absolute Gasteiger partial charge is 0.397 e. The molecular weight excluding hydrogens is 302 g/mol. The number of carbonyl (C=O) groups is 1. The predicted molar refractivity (Wildman–Crippen MR) is 79.6 cm³/mol. The number of nitrogen functional groups attached to an aromatic ring is 1. The van der Waals surface area contributed by atoms with E-state index in [4.69, 9.17) is 28.9 Å². The summed E-state index contributed by atoms with van der Waals surface area (Å²) < 4.78 is 13.6. The molecular formula is C14H11Cl2FN2O. The van der Waals surface area contributed by atoms with Crippen LogP contribution in [0.3, 0.4) is 0 Å². The number of carbonyl (C=O) groups excluding carboxylic acids is 1. The number of hydrogen-bond acceptors (Lipinski definition) is 2. The topological polar surface area (TPSA) is 55.1 Å². The van der Waals surface area contributed by atoms with Gasteiger partial charge < -0.3 is 11.1 Å². The Kier molecular flexibility index (Phi) is 4.47. The van der Waals surface area contributed by atoms with E-state index in [0.29, 0.717) is 16.4 Å². The molecule has 0 fully saturated rings. The van der Waals surface area contributed by atoms with E-state index in [0.717, 1.165) is 0 Å². The first-order valence-electron chi connectivity index (χ1n) is 5.75. The SMILES string of the molecule is Nc1ccc(Cl)cc1NC(=O)Cc1c(F)cccc1Cl. The van der Waals surface area contributed by atoms with Gasteiger partial charge in [0, 0.05) is 15.6 Å². The average Bonchev–Trinajstić information content (AvgIpc) is 2.38. The van der Waals surface area contributed by atoms with Crippen molar-refractivity contribution in [3.8, 4) is 0 Å². The summed E-state index contributed by atoms with van der Waals surface area (Å²) in [7, 11) is 0. The molecule has 0 aliphatic carbocycles. The monoisotopic (exact) mass is 312 g/mol. The van der Waals surface area contributed by atoms with Crippen LogP contribution in [0.5, 0.6) is 0 Å². The number of halogens is 3. The molecule has 3 N–H and O–H groups in total. The van der Waals surface area contributed by atoms with E-state index in [9.17, 15) is 9.18 Å². The minimum atomic E-state index is -0.522. The summed E-state index contributed by atoms with van der Waals surface area (Å²) in [6.07, 6.45) is -0.183. The molecule has 20 heavy (non-hydrogen) atoms. The molecule has 0 atom stereocenters. The van der Waals surface area contributed by atoms with Gasteiger partial charge in [-0.25, -0.2) is 4.39 Å². The van der Waals surface area contributed by atoms with Crippen LogP contribution >= 0.6 is 23.2 Å². The van der Waals surface area contributed by atoms with Crippen LogP contribution in [0.15, 0.2) is 36.4 Å². The maximum Gasteiger partial charge on any atom is 0.229 e. The van der Waals surface area contributed by atoms with Crippen LogP contribution in [0.1, 0.15) is 5.56 Å². The zero-order valence-corrected chi connectivity index (χ0v) is 11.8. The van der Waals surface area contributed by atoms with Gasteiger partial charge in [0.05, 0.1) is 17.8 Å². The average molecular weight is 313 g/mol. The zero-order valence-electron chi connectivity index (χ0n) is 10.3. The number of benzene rings is 2. The van der Waals surface area contributed by atoms with Gasteiger partial charge in [0.1, 0.15) is 5.82 Å². The molecule has 0 saturated heterocycles. The Morgan fingerprint density at radius 1 is 1.25 bits per heavy atom. The number of nitrogens with one attached hydrogen (secondary N) is 1. The van der Waals surface area contributed by atoms with Gasteiger partial charge in [0.2, 0.25) is 5.91 Å². The summed E-state index contributed by atoms with van der Waals surface area (Å²) in [5.41, 5.74) is 6.62. The number of rotatable bonds is 3. The highest BCUT2D eigenvalue weighted by molar-refractivity contribution is 6.31. The molecule has 2 aromatic rings. The van der Waals surface area contributed by atoms with Crippen molar-refractivity contribution in [2.45, 2.75) is 6.42 Å². The first-order valence-corrected chi connectivity index (χ1v) is 6.50. The first-order chi connectivity index (χ1) is 9.47. The zero-order chi connectivity index (χ0) is 14.7. The summed E-state index contributed by atoms with van der Waals surface area (Å²) >= 11 is 11.7. The van der Waals surface area contributed by atoms with Crippen molar-refractivity contribution < 1.29 is 9.18 Å². The second-order valence-electron chi connectivity index (χ2n) is 4.16. The van der Waals surface area contributed by atoms with Crippen molar-refractivity contribution in [3.05, 3.63) is 57.8 Å². The van der Waals surface area contributed by atoms with E-state index in [2.05, 4.69) is 5.32 Å². The molecule has 0 unspecified atom stereocenters. The molecule has 2 aromatic carbocycles. The molecule has 1 amide bonds. The molecule has 0 spiro atoms. The molecule has 104 valence electrons. The van der Waals surface area contributed by atoms with Crippen LogP contribution in [-0.4, -0.2) is 5.91 Å². The highest BCUT2D eigenvalue weighted by atomic mass is 35.5. The van der Waals surface area contributed by atoms with E-state index in [1.165, 1.54) is 24.3 Å². The number of amides is 1. The summed E-state index contributed by atoms with van der Waals surface area (Å²) in [6, 6.07) is 8.98. The van der Waals surface area contributed by atoms with Crippen LogP contribution in [0.25, 0.3) is 0 Å². The molecule has 3 nitrogen and oxygen atoms in total. The minimum absolute atomic E-state index is 0.146. The molecule has 0 radical (unpaired) electrons. The summed E-state index contributed by atoms with van der Waals surface area (Å²) in [4.78, 5) is 11.9. The summed E-state index contributed by atoms with van der Waals surface area (Å²) in [5.74, 6) is -0.947. The highest BCUT2D eigenvalue weighted by Gasteiger charge is 2.13. The van der Waals surface area contributed by atoms with Crippen LogP contribution in [-0.2, 0) is 11.2 Å². The van der Waals surface area contributed by atoms with Crippen molar-refractivity contribution in [1.29, 1.82) is 0 Å². The number of anilines is 2. The van der Waals surface area contributed by atoms with E-state index < -0.39 is 11.7 Å². The smallest absolute Gasteiger partial charge is 0.229 e. The Balaban J connectivity index is 2.15. The molecule has 0 bridgehead atoms. The highest BCUT2D eigenvalue weighted by Crippen LogP contribution is 2.24. The van der Waals surface area contributed by atoms with Gasteiger partial charge in [0.25, 0.3) is 0 Å². The minimum Gasteiger partial charge on any atom is -0.397 e. The van der Waals surface area contributed by atoms with Gasteiger partial charge in [-0.15, -0.1) is 0 Å². The normalized spacial score (nSPS) is 10.3. The van der Waals surface area contributed by atoms with Crippen LogP contribution in [0, 0.1) is 5.82 Å². The molecule has 2 rings (SSSR count). The van der Waals surface area contributed by atoms with Crippen molar-refractivity contribution in [2.75, 3.05) is 11.1 Å². The van der Waals surface area contributed by atoms with Crippen molar-refractivity contribution in [2.24, 2.45) is 0 Å². The Hall–Kier alpha value is -1.78. The third-order valence-corrected chi connectivity index (χ3v) is 3.28. The summed E-state index contributed by atoms with van der Waals surface area (Å²) in [6.45, 7) is 0. The predicted octanol–water partition coefficient (Wildman–Crippen LogP) is 3.90. The van der Waals surface area contributed by atoms with Gasteiger partial charge in [-0.2, -0.15) is 0 Å². The maximum atomic E-state index is 13.6. The molecule has 6 heteroatoms. The molecule has 0 aromatic heterocycles. The lowest BCUT2D eigenvalue weighted by atomic mass is 10.1. The Morgan fingerprint density at radius 3 is 2.70 bits per heavy atom. The van der Waals surface area contributed by atoms with Crippen molar-refractivity contribution in [1.82, 2.24) is 0 Å². The fraction of sp³-hybridized carbons (Fsp3) is 0.0714. The van der Waals surface area contributed by atoms with Gasteiger partial charge in [-0.3, -0.25) is 4.79 Å². The number of hydrogen-bond donors (Lipinski definition) is 2. The van der Waals surface area contributed by atoms with E-state index in [1.807, 2.05) is 0 Å². The molecule has 0 aliphatic rings. The van der Waals surface area contributed by atoms with Crippen LogP contribution in [0.2, 0.25) is 10.0 Å². The second kappa shape index (κ2) is 6.11. The van der Waals surface area contributed by atoms with E-state index in [1.54, 1.807) is 12.1 Å². The lowest BCUT2D eigenvalue weighted by Crippen LogP contribution is -2.16. The van der Waals surface area contributed by atoms with Crippen LogP contribution < -0.4 is 11.1 Å². The lowest BCUT2D eigenvalue weighted by molar-refractivity contribution is -0.115. The Morgan fingerprint density at radius 2 is 2.00 bits per heavy atom. The third kappa shape index (κ3) is 3.40.